The molecule has 0 aromatic rings. The van der Waals surface area contributed by atoms with Gasteiger partial charge in [-0.15, -0.1) is 0 Å². The van der Waals surface area contributed by atoms with Crippen LogP contribution in [0.15, 0.2) is 12.2 Å². The second-order valence-electron chi connectivity index (χ2n) is 11.8. The summed E-state index contributed by atoms with van der Waals surface area (Å²) in [5.74, 6) is 2.95. The van der Waals surface area contributed by atoms with E-state index in [1.165, 1.54) is 25.7 Å². The van der Waals surface area contributed by atoms with Crippen molar-refractivity contribution in [2.24, 2.45) is 39.9 Å². The number of hydrogen-bond donors (Lipinski definition) is 0. The second-order valence-corrected chi connectivity index (χ2v) is 11.8. The van der Waals surface area contributed by atoms with Gasteiger partial charge in [0.2, 0.25) is 5.91 Å². The Morgan fingerprint density at radius 2 is 1.86 bits per heavy atom. The van der Waals surface area contributed by atoms with E-state index < -0.39 is 0 Å². The van der Waals surface area contributed by atoms with Gasteiger partial charge < -0.3 is 4.90 Å². The minimum atomic E-state index is -0.188. The van der Waals surface area contributed by atoms with Gasteiger partial charge in [-0.05, 0) is 74.2 Å². The Labute approximate surface area is 177 Å². The summed E-state index contributed by atoms with van der Waals surface area (Å²) >= 11 is 0. The van der Waals surface area contributed by atoms with Crippen molar-refractivity contribution in [3.63, 3.8) is 0 Å². The number of nitrogens with zero attached hydrogens (tertiary/aromatic N) is 1. The van der Waals surface area contributed by atoms with Crippen LogP contribution in [0.4, 0.5) is 0 Å². The number of rotatable bonds is 4. The summed E-state index contributed by atoms with van der Waals surface area (Å²) in [6.07, 6.45) is 13.2. The molecule has 162 valence electrons. The third-order valence-corrected chi connectivity index (χ3v) is 9.99. The quantitative estimate of drug-likeness (QED) is 0.614. The molecule has 0 saturated heterocycles. The van der Waals surface area contributed by atoms with Gasteiger partial charge in [-0.25, -0.2) is 0 Å². The topological polar surface area (TPSA) is 37.4 Å². The molecular weight excluding hydrogens is 358 g/mol. The first kappa shape index (κ1) is 21.1. The molecule has 3 nitrogen and oxygen atoms in total. The van der Waals surface area contributed by atoms with E-state index in [4.69, 9.17) is 0 Å². The molecule has 0 aromatic carbocycles. The Morgan fingerprint density at radius 1 is 1.14 bits per heavy atom. The molecule has 1 amide bonds. The van der Waals surface area contributed by atoms with Crippen molar-refractivity contribution in [3.8, 4) is 0 Å². The lowest BCUT2D eigenvalue weighted by molar-refractivity contribution is -0.145. The third kappa shape index (κ3) is 2.97. The largest absolute Gasteiger partial charge is 0.338 e. The smallest absolute Gasteiger partial charge is 0.246 e. The number of carbonyl (C=O) groups is 2. The first-order valence-corrected chi connectivity index (χ1v) is 12.1. The molecule has 3 saturated carbocycles. The highest BCUT2D eigenvalue weighted by Gasteiger charge is 2.62. The van der Waals surface area contributed by atoms with E-state index in [2.05, 4.69) is 40.7 Å². The summed E-state index contributed by atoms with van der Waals surface area (Å²) < 4.78 is 0. The van der Waals surface area contributed by atoms with Gasteiger partial charge >= 0.3 is 0 Å². The Hall–Kier alpha value is -1.12. The van der Waals surface area contributed by atoms with Crippen molar-refractivity contribution in [1.29, 1.82) is 0 Å². The number of carbonyl (C=O) groups excluding carboxylic acids is 2. The highest BCUT2D eigenvalue weighted by Crippen LogP contribution is 2.66. The predicted octanol–water partition coefficient (Wildman–Crippen LogP) is 5.64. The van der Waals surface area contributed by atoms with E-state index >= 15 is 0 Å². The zero-order valence-corrected chi connectivity index (χ0v) is 19.5. The molecule has 3 aliphatic carbocycles. The normalized spacial score (nSPS) is 44.3. The van der Waals surface area contributed by atoms with Gasteiger partial charge in [-0.3, -0.25) is 9.59 Å². The van der Waals surface area contributed by atoms with E-state index in [1.54, 1.807) is 0 Å². The molecule has 29 heavy (non-hydrogen) atoms. The van der Waals surface area contributed by atoms with Crippen LogP contribution in [0.5, 0.6) is 0 Å². The maximum Gasteiger partial charge on any atom is 0.246 e. The fourth-order valence-corrected chi connectivity index (χ4v) is 8.39. The maximum atomic E-state index is 13.6. The molecule has 0 aromatic heterocycles. The van der Waals surface area contributed by atoms with Crippen LogP contribution in [0.2, 0.25) is 0 Å². The molecule has 0 spiro atoms. The molecular formula is C26H41NO2. The molecule has 7 atom stereocenters. The monoisotopic (exact) mass is 399 g/mol. The van der Waals surface area contributed by atoms with Crippen LogP contribution in [-0.2, 0) is 9.59 Å². The SMILES string of the molecule is CCCC(C)(C)C(=O)C1CC[C@H]2[C@@H]3CCC4N(C)C(=O)C=C[C@]4(C)[C@@H]3CC[C@]12C. The van der Waals surface area contributed by atoms with Crippen LogP contribution < -0.4 is 0 Å². The van der Waals surface area contributed by atoms with E-state index in [0.29, 0.717) is 29.6 Å². The predicted molar refractivity (Wildman–Crippen MR) is 117 cm³/mol. The van der Waals surface area contributed by atoms with E-state index in [-0.39, 0.29) is 28.1 Å². The van der Waals surface area contributed by atoms with Crippen LogP contribution in [0.1, 0.15) is 86.0 Å². The maximum absolute atomic E-state index is 13.6. The van der Waals surface area contributed by atoms with Crippen molar-refractivity contribution in [1.82, 2.24) is 4.90 Å². The molecule has 3 fully saturated rings. The summed E-state index contributed by atoms with van der Waals surface area (Å²) in [6, 6.07) is 0.341. The molecule has 3 heteroatoms. The van der Waals surface area contributed by atoms with Crippen molar-refractivity contribution < 1.29 is 9.59 Å². The lowest BCUT2D eigenvalue weighted by Crippen LogP contribution is -2.59. The zero-order chi connectivity index (χ0) is 21.2. The number of ketones is 1. The van der Waals surface area contributed by atoms with Crippen LogP contribution in [-0.4, -0.2) is 29.7 Å². The first-order valence-electron chi connectivity index (χ1n) is 12.1. The molecule has 1 heterocycles. The van der Waals surface area contributed by atoms with Crippen LogP contribution >= 0.6 is 0 Å². The molecule has 4 aliphatic rings. The summed E-state index contributed by atoms with van der Waals surface area (Å²) in [6.45, 7) is 11.4. The number of likely N-dealkylation sites (N-methyl/N-ethyl adjacent to an activating group) is 1. The molecule has 0 N–H and O–H groups in total. The molecule has 2 unspecified atom stereocenters. The summed E-state index contributed by atoms with van der Waals surface area (Å²) in [5.41, 5.74) is 0.0794. The summed E-state index contributed by atoms with van der Waals surface area (Å²) in [4.78, 5) is 27.8. The van der Waals surface area contributed by atoms with Gasteiger partial charge in [-0.1, -0.05) is 47.1 Å². The van der Waals surface area contributed by atoms with Gasteiger partial charge in [0, 0.05) is 29.8 Å². The Bertz CT molecular complexity index is 724. The second kappa shape index (κ2) is 6.95. The van der Waals surface area contributed by atoms with Crippen LogP contribution in [0, 0.1) is 39.9 Å². The van der Waals surface area contributed by atoms with Crippen LogP contribution in [0.3, 0.4) is 0 Å². The average molecular weight is 400 g/mol. The lowest BCUT2D eigenvalue weighted by Gasteiger charge is -2.60. The standard InChI is InChI=1S/C26H41NO2/c1-7-14-24(2,3)23(29)20-10-9-18-17-8-11-21-26(5,16-13-22(28)27(21)6)19(17)12-15-25(18,20)4/h13,16-21H,7-12,14-15H2,1-6H3/t17-,18-,19+,20?,21?,25-,26+/m0/s1. The lowest BCUT2D eigenvalue weighted by atomic mass is 9.47. The van der Waals surface area contributed by atoms with Crippen molar-refractivity contribution >= 4 is 11.7 Å². The van der Waals surface area contributed by atoms with E-state index in [1.807, 2.05) is 18.0 Å². The number of hydrogen-bond acceptors (Lipinski definition) is 2. The van der Waals surface area contributed by atoms with E-state index in [9.17, 15) is 9.59 Å². The Kier molecular flexibility index (Phi) is 5.07. The highest BCUT2D eigenvalue weighted by atomic mass is 16.2. The highest BCUT2D eigenvalue weighted by molar-refractivity contribution is 5.89. The van der Waals surface area contributed by atoms with Crippen molar-refractivity contribution in [2.75, 3.05) is 7.05 Å². The number of amides is 1. The molecule has 1 aliphatic heterocycles. The van der Waals surface area contributed by atoms with Gasteiger partial charge in [0.05, 0.1) is 0 Å². The summed E-state index contributed by atoms with van der Waals surface area (Å²) in [7, 11) is 1.99. The Morgan fingerprint density at radius 3 is 2.55 bits per heavy atom. The number of Topliss-reactive ketones (excluding diaryl/α,β-unsaturated/α-hetero) is 1. The van der Waals surface area contributed by atoms with Gasteiger partial charge in [0.15, 0.2) is 0 Å². The van der Waals surface area contributed by atoms with Crippen molar-refractivity contribution in [3.05, 3.63) is 12.2 Å². The van der Waals surface area contributed by atoms with Gasteiger partial charge in [0.25, 0.3) is 0 Å². The molecule has 4 rings (SSSR count). The summed E-state index contributed by atoms with van der Waals surface area (Å²) in [5, 5.41) is 0. The van der Waals surface area contributed by atoms with Gasteiger partial charge in [0.1, 0.15) is 5.78 Å². The van der Waals surface area contributed by atoms with E-state index in [0.717, 1.165) is 25.7 Å². The first-order chi connectivity index (χ1) is 13.6. The van der Waals surface area contributed by atoms with Gasteiger partial charge in [-0.2, -0.15) is 0 Å². The molecule has 0 bridgehead atoms. The third-order valence-electron chi connectivity index (χ3n) is 9.99. The number of fused-ring (bicyclic) bond motifs is 5. The minimum absolute atomic E-state index is 0.0937. The fraction of sp³-hybridized carbons (Fsp3) is 0.846. The molecule has 0 radical (unpaired) electrons. The zero-order valence-electron chi connectivity index (χ0n) is 19.5. The van der Waals surface area contributed by atoms with Crippen LogP contribution in [0.25, 0.3) is 0 Å². The minimum Gasteiger partial charge on any atom is -0.338 e. The fourth-order valence-electron chi connectivity index (χ4n) is 8.39. The van der Waals surface area contributed by atoms with Crippen molar-refractivity contribution in [2.45, 2.75) is 92.0 Å². The Balaban J connectivity index is 1.61. The average Bonchev–Trinajstić information content (AvgIpc) is 3.01.